The molecule has 2 heteroatoms. The van der Waals surface area contributed by atoms with Gasteiger partial charge in [-0.2, -0.15) is 0 Å². The molecular formula is C10H12O2. The summed E-state index contributed by atoms with van der Waals surface area (Å²) < 4.78 is 5.14. The molecule has 1 aliphatic heterocycles. The zero-order valence-electron chi connectivity index (χ0n) is 6.95. The van der Waals surface area contributed by atoms with E-state index in [0.717, 1.165) is 12.8 Å². The topological polar surface area (TPSA) is 26.3 Å². The molecule has 1 aliphatic carbocycles. The van der Waals surface area contributed by atoms with Gasteiger partial charge in [-0.15, -0.1) is 6.58 Å². The van der Waals surface area contributed by atoms with E-state index in [1.165, 1.54) is 0 Å². The number of carbonyl (C=O) groups is 1. The fourth-order valence-corrected chi connectivity index (χ4v) is 2.22. The van der Waals surface area contributed by atoms with Crippen LogP contribution in [0.25, 0.3) is 0 Å². The van der Waals surface area contributed by atoms with Gasteiger partial charge in [0.25, 0.3) is 0 Å². The van der Waals surface area contributed by atoms with E-state index >= 15 is 0 Å². The number of fused-ring (bicyclic) bond motifs is 1. The Morgan fingerprint density at radius 2 is 2.25 bits per heavy atom. The highest BCUT2D eigenvalue weighted by molar-refractivity contribution is 5.91. The Hall–Kier alpha value is -1.05. The van der Waals surface area contributed by atoms with Gasteiger partial charge in [0.1, 0.15) is 6.10 Å². The molecule has 1 saturated carbocycles. The summed E-state index contributed by atoms with van der Waals surface area (Å²) >= 11 is 0. The standard InChI is InChI=1S/C10H12O2/c1-3-7-4-5-8-9(7)6(2)10(11)12-8/h3,7-9H,1-2,4-5H2/t7-,8+,9-/m1/s1. The van der Waals surface area contributed by atoms with Crippen LogP contribution in [0.1, 0.15) is 12.8 Å². The monoisotopic (exact) mass is 164 g/mol. The molecule has 0 spiro atoms. The molecule has 0 N–H and O–H groups in total. The maximum Gasteiger partial charge on any atom is 0.334 e. The summed E-state index contributed by atoms with van der Waals surface area (Å²) in [5.41, 5.74) is 0.641. The highest BCUT2D eigenvalue weighted by Gasteiger charge is 2.46. The molecule has 2 fully saturated rings. The van der Waals surface area contributed by atoms with E-state index in [9.17, 15) is 4.79 Å². The van der Waals surface area contributed by atoms with E-state index in [-0.39, 0.29) is 18.0 Å². The minimum absolute atomic E-state index is 0.0907. The Morgan fingerprint density at radius 3 is 2.92 bits per heavy atom. The average molecular weight is 164 g/mol. The lowest BCUT2D eigenvalue weighted by atomic mass is 9.90. The third-order valence-electron chi connectivity index (χ3n) is 2.87. The minimum Gasteiger partial charge on any atom is -0.458 e. The summed E-state index contributed by atoms with van der Waals surface area (Å²) in [4.78, 5) is 11.1. The summed E-state index contributed by atoms with van der Waals surface area (Å²) in [6.45, 7) is 7.51. The van der Waals surface area contributed by atoms with Crippen molar-refractivity contribution in [1.29, 1.82) is 0 Å². The van der Waals surface area contributed by atoms with Gasteiger partial charge in [0.05, 0.1) is 0 Å². The van der Waals surface area contributed by atoms with Gasteiger partial charge >= 0.3 is 5.97 Å². The number of allylic oxidation sites excluding steroid dienone is 1. The van der Waals surface area contributed by atoms with Crippen molar-refractivity contribution < 1.29 is 9.53 Å². The first-order valence-electron chi connectivity index (χ1n) is 4.26. The minimum atomic E-state index is -0.212. The SMILES string of the molecule is C=C[C@@H]1CC[C@@H]2OC(=O)C(=C)[C@H]12. The molecule has 2 nitrogen and oxygen atoms in total. The largest absolute Gasteiger partial charge is 0.458 e. The van der Waals surface area contributed by atoms with E-state index < -0.39 is 0 Å². The molecule has 2 rings (SSSR count). The molecule has 0 radical (unpaired) electrons. The fraction of sp³-hybridized carbons (Fsp3) is 0.500. The Labute approximate surface area is 71.9 Å². The maximum absolute atomic E-state index is 11.1. The predicted octanol–water partition coefficient (Wildman–Crippen LogP) is 1.68. The van der Waals surface area contributed by atoms with Crippen LogP contribution < -0.4 is 0 Å². The number of rotatable bonds is 1. The Kier molecular flexibility index (Phi) is 1.56. The van der Waals surface area contributed by atoms with Gasteiger partial charge in [0, 0.05) is 11.5 Å². The molecule has 0 bridgehead atoms. The van der Waals surface area contributed by atoms with Crippen molar-refractivity contribution in [2.75, 3.05) is 0 Å². The lowest BCUT2D eigenvalue weighted by Crippen LogP contribution is -2.13. The number of ether oxygens (including phenoxy) is 1. The molecule has 0 aromatic carbocycles. The summed E-state index contributed by atoms with van der Waals surface area (Å²) in [6.07, 6.45) is 4.04. The van der Waals surface area contributed by atoms with E-state index in [1.807, 2.05) is 6.08 Å². The van der Waals surface area contributed by atoms with Gasteiger partial charge in [0.15, 0.2) is 0 Å². The van der Waals surface area contributed by atoms with Crippen LogP contribution >= 0.6 is 0 Å². The van der Waals surface area contributed by atoms with E-state index in [1.54, 1.807) is 0 Å². The third-order valence-corrected chi connectivity index (χ3v) is 2.87. The second-order valence-corrected chi connectivity index (χ2v) is 3.47. The van der Waals surface area contributed by atoms with Crippen molar-refractivity contribution in [3.8, 4) is 0 Å². The average Bonchev–Trinajstić information content (AvgIpc) is 2.55. The first kappa shape index (κ1) is 7.59. The van der Waals surface area contributed by atoms with Gasteiger partial charge in [-0.3, -0.25) is 0 Å². The second kappa shape index (κ2) is 2.47. The van der Waals surface area contributed by atoms with Crippen LogP contribution in [0.2, 0.25) is 0 Å². The smallest absolute Gasteiger partial charge is 0.334 e. The predicted molar refractivity (Wildman–Crippen MR) is 45.4 cm³/mol. The van der Waals surface area contributed by atoms with Crippen LogP contribution in [0.4, 0.5) is 0 Å². The molecule has 3 atom stereocenters. The van der Waals surface area contributed by atoms with Gasteiger partial charge in [-0.25, -0.2) is 4.79 Å². The van der Waals surface area contributed by atoms with E-state index in [0.29, 0.717) is 11.5 Å². The molecule has 0 unspecified atom stereocenters. The van der Waals surface area contributed by atoms with Crippen LogP contribution in [0.15, 0.2) is 24.8 Å². The van der Waals surface area contributed by atoms with Crippen molar-refractivity contribution in [1.82, 2.24) is 0 Å². The Bertz CT molecular complexity index is 255. The third kappa shape index (κ3) is 0.840. The normalized spacial score (nSPS) is 39.5. The number of hydrogen-bond acceptors (Lipinski definition) is 2. The highest BCUT2D eigenvalue weighted by atomic mass is 16.6. The fourth-order valence-electron chi connectivity index (χ4n) is 2.22. The van der Waals surface area contributed by atoms with Gasteiger partial charge in [-0.1, -0.05) is 12.7 Å². The van der Waals surface area contributed by atoms with Gasteiger partial charge < -0.3 is 4.74 Å². The van der Waals surface area contributed by atoms with Gasteiger partial charge in [0.2, 0.25) is 0 Å². The first-order chi connectivity index (χ1) is 5.74. The van der Waals surface area contributed by atoms with Crippen LogP contribution in [0, 0.1) is 11.8 Å². The summed E-state index contributed by atoms with van der Waals surface area (Å²) in [6, 6.07) is 0. The summed E-state index contributed by atoms with van der Waals surface area (Å²) in [7, 11) is 0. The molecule has 0 aromatic rings. The van der Waals surface area contributed by atoms with E-state index in [2.05, 4.69) is 13.2 Å². The van der Waals surface area contributed by atoms with Crippen molar-refractivity contribution in [3.63, 3.8) is 0 Å². The molecular weight excluding hydrogens is 152 g/mol. The molecule has 1 heterocycles. The van der Waals surface area contributed by atoms with Crippen molar-refractivity contribution in [3.05, 3.63) is 24.8 Å². The van der Waals surface area contributed by atoms with Crippen molar-refractivity contribution in [2.45, 2.75) is 18.9 Å². The Balaban J connectivity index is 2.26. The lowest BCUT2D eigenvalue weighted by molar-refractivity contribution is -0.138. The maximum atomic E-state index is 11.1. The number of hydrogen-bond donors (Lipinski definition) is 0. The van der Waals surface area contributed by atoms with Crippen LogP contribution in [-0.2, 0) is 9.53 Å². The molecule has 2 aliphatic rings. The second-order valence-electron chi connectivity index (χ2n) is 3.47. The zero-order valence-corrected chi connectivity index (χ0v) is 6.95. The highest BCUT2D eigenvalue weighted by Crippen LogP contribution is 2.43. The van der Waals surface area contributed by atoms with Gasteiger partial charge in [-0.05, 0) is 18.8 Å². The molecule has 0 amide bonds. The Morgan fingerprint density at radius 1 is 1.50 bits per heavy atom. The molecule has 64 valence electrons. The first-order valence-corrected chi connectivity index (χ1v) is 4.26. The molecule has 1 saturated heterocycles. The van der Waals surface area contributed by atoms with E-state index in [4.69, 9.17) is 4.74 Å². The number of carbonyl (C=O) groups excluding carboxylic acids is 1. The van der Waals surface area contributed by atoms with Crippen LogP contribution in [0.3, 0.4) is 0 Å². The number of esters is 1. The van der Waals surface area contributed by atoms with Crippen LogP contribution in [0.5, 0.6) is 0 Å². The molecule has 0 aromatic heterocycles. The lowest BCUT2D eigenvalue weighted by Gasteiger charge is -2.11. The van der Waals surface area contributed by atoms with Crippen LogP contribution in [-0.4, -0.2) is 12.1 Å². The summed E-state index contributed by atoms with van der Waals surface area (Å²) in [5.74, 6) is 0.403. The zero-order chi connectivity index (χ0) is 8.72. The quantitative estimate of drug-likeness (QED) is 0.335. The summed E-state index contributed by atoms with van der Waals surface area (Å²) in [5, 5.41) is 0. The van der Waals surface area contributed by atoms with Crippen molar-refractivity contribution >= 4 is 5.97 Å². The van der Waals surface area contributed by atoms with Crippen molar-refractivity contribution in [2.24, 2.45) is 11.8 Å². The molecule has 12 heavy (non-hydrogen) atoms.